The highest BCUT2D eigenvalue weighted by atomic mass is 16.5. The van der Waals surface area contributed by atoms with Crippen molar-refractivity contribution in [3.63, 3.8) is 0 Å². The van der Waals surface area contributed by atoms with Crippen LogP contribution in [-0.2, 0) is 4.74 Å². The Morgan fingerprint density at radius 3 is 2.75 bits per heavy atom. The Bertz CT molecular complexity index is 225. The molecule has 92 valence electrons. The van der Waals surface area contributed by atoms with E-state index in [-0.39, 0.29) is 0 Å². The van der Waals surface area contributed by atoms with E-state index in [0.29, 0.717) is 0 Å². The predicted octanol–water partition coefficient (Wildman–Crippen LogP) is 2.44. The van der Waals surface area contributed by atoms with Gasteiger partial charge < -0.3 is 10.1 Å². The van der Waals surface area contributed by atoms with Gasteiger partial charge in [0.15, 0.2) is 0 Å². The van der Waals surface area contributed by atoms with Crippen molar-refractivity contribution in [3.05, 3.63) is 0 Å². The highest BCUT2D eigenvalue weighted by Crippen LogP contribution is 2.48. The van der Waals surface area contributed by atoms with Crippen molar-refractivity contribution in [3.8, 4) is 0 Å². The zero-order chi connectivity index (χ0) is 10.8. The summed E-state index contributed by atoms with van der Waals surface area (Å²) in [5.41, 5.74) is 0. The second-order valence-corrected chi connectivity index (χ2v) is 6.18. The summed E-state index contributed by atoms with van der Waals surface area (Å²) in [4.78, 5) is 0. The molecule has 2 aliphatic carbocycles. The summed E-state index contributed by atoms with van der Waals surface area (Å²) in [5.74, 6) is 3.78. The van der Waals surface area contributed by atoms with Gasteiger partial charge in [0.1, 0.15) is 0 Å². The van der Waals surface area contributed by atoms with Crippen LogP contribution in [0.1, 0.15) is 38.5 Å². The van der Waals surface area contributed by atoms with Gasteiger partial charge in [-0.05, 0) is 62.3 Å². The van der Waals surface area contributed by atoms with Crippen molar-refractivity contribution in [1.29, 1.82) is 0 Å². The Balaban J connectivity index is 1.34. The van der Waals surface area contributed by atoms with Crippen molar-refractivity contribution in [2.45, 2.75) is 38.5 Å². The molecule has 2 heteroatoms. The van der Waals surface area contributed by atoms with E-state index in [1.165, 1.54) is 51.6 Å². The van der Waals surface area contributed by atoms with E-state index in [1.807, 2.05) is 0 Å². The van der Waals surface area contributed by atoms with Crippen molar-refractivity contribution in [2.75, 3.05) is 26.3 Å². The summed E-state index contributed by atoms with van der Waals surface area (Å²) in [7, 11) is 0. The standard InChI is InChI=1S/C14H25NO/c1-2-12(8-15-5-1)9-16-10-14-7-11-3-4-13(14)6-11/h11-15H,1-10H2. The SMILES string of the molecule is C1CNCC(COCC2CC3CCC2C3)C1. The molecule has 16 heavy (non-hydrogen) atoms. The minimum absolute atomic E-state index is 0.785. The topological polar surface area (TPSA) is 21.3 Å². The second-order valence-electron chi connectivity index (χ2n) is 6.18. The zero-order valence-electron chi connectivity index (χ0n) is 10.3. The quantitative estimate of drug-likeness (QED) is 0.790. The molecule has 3 fully saturated rings. The van der Waals surface area contributed by atoms with Crippen LogP contribution in [0, 0.1) is 23.7 Å². The first-order chi connectivity index (χ1) is 7.92. The maximum atomic E-state index is 5.97. The van der Waals surface area contributed by atoms with Gasteiger partial charge >= 0.3 is 0 Å². The average molecular weight is 223 g/mol. The molecular weight excluding hydrogens is 198 g/mol. The molecule has 0 spiro atoms. The van der Waals surface area contributed by atoms with Crippen LogP contribution in [0.4, 0.5) is 0 Å². The van der Waals surface area contributed by atoms with Gasteiger partial charge in [-0.3, -0.25) is 0 Å². The molecular formula is C14H25NO. The number of hydrogen-bond donors (Lipinski definition) is 1. The van der Waals surface area contributed by atoms with E-state index >= 15 is 0 Å². The highest BCUT2D eigenvalue weighted by Gasteiger charge is 2.39. The molecule has 2 bridgehead atoms. The normalized spacial score (nSPS) is 42.8. The van der Waals surface area contributed by atoms with E-state index in [4.69, 9.17) is 4.74 Å². The largest absolute Gasteiger partial charge is 0.381 e. The summed E-state index contributed by atoms with van der Waals surface area (Å²) < 4.78 is 5.97. The monoisotopic (exact) mass is 223 g/mol. The van der Waals surface area contributed by atoms with Crippen LogP contribution < -0.4 is 5.32 Å². The number of piperidine rings is 1. The lowest BCUT2D eigenvalue weighted by molar-refractivity contribution is 0.0491. The van der Waals surface area contributed by atoms with Crippen molar-refractivity contribution in [2.24, 2.45) is 23.7 Å². The number of fused-ring (bicyclic) bond motifs is 2. The van der Waals surface area contributed by atoms with Gasteiger partial charge in [0.2, 0.25) is 0 Å². The Hall–Kier alpha value is -0.0800. The summed E-state index contributed by atoms with van der Waals surface area (Å²) >= 11 is 0. The Morgan fingerprint density at radius 2 is 2.06 bits per heavy atom. The Labute approximate surface area is 99.1 Å². The lowest BCUT2D eigenvalue weighted by Gasteiger charge is -2.25. The maximum absolute atomic E-state index is 5.97. The molecule has 2 saturated carbocycles. The summed E-state index contributed by atoms with van der Waals surface area (Å²) in [5, 5.41) is 3.46. The van der Waals surface area contributed by atoms with Crippen LogP contribution in [-0.4, -0.2) is 26.3 Å². The van der Waals surface area contributed by atoms with Crippen LogP contribution in [0.25, 0.3) is 0 Å². The van der Waals surface area contributed by atoms with Crippen LogP contribution in [0.2, 0.25) is 0 Å². The van der Waals surface area contributed by atoms with Crippen molar-refractivity contribution >= 4 is 0 Å². The molecule has 0 radical (unpaired) electrons. The first-order valence-corrected chi connectivity index (χ1v) is 7.20. The molecule has 0 aromatic rings. The molecule has 3 rings (SSSR count). The van der Waals surface area contributed by atoms with Gasteiger partial charge in [0, 0.05) is 13.2 Å². The third-order valence-electron chi connectivity index (χ3n) is 4.97. The highest BCUT2D eigenvalue weighted by molar-refractivity contribution is 4.89. The molecule has 1 aliphatic heterocycles. The second kappa shape index (κ2) is 5.05. The predicted molar refractivity (Wildman–Crippen MR) is 65.4 cm³/mol. The van der Waals surface area contributed by atoms with Gasteiger partial charge in [-0.25, -0.2) is 0 Å². The van der Waals surface area contributed by atoms with Crippen molar-refractivity contribution in [1.82, 2.24) is 5.32 Å². The van der Waals surface area contributed by atoms with E-state index < -0.39 is 0 Å². The minimum Gasteiger partial charge on any atom is -0.381 e. The third-order valence-corrected chi connectivity index (χ3v) is 4.97. The number of nitrogens with one attached hydrogen (secondary N) is 1. The molecule has 4 atom stereocenters. The Morgan fingerprint density at radius 1 is 1.06 bits per heavy atom. The summed E-state index contributed by atoms with van der Waals surface area (Å²) in [6.07, 6.45) is 8.68. The number of ether oxygens (including phenoxy) is 1. The fraction of sp³-hybridized carbons (Fsp3) is 1.00. The lowest BCUT2D eigenvalue weighted by atomic mass is 9.89. The van der Waals surface area contributed by atoms with Gasteiger partial charge in [0.05, 0.1) is 6.61 Å². The molecule has 0 aromatic carbocycles. The van der Waals surface area contributed by atoms with E-state index in [1.54, 1.807) is 0 Å². The third kappa shape index (κ3) is 2.43. The fourth-order valence-corrected chi connectivity index (χ4v) is 4.03. The zero-order valence-corrected chi connectivity index (χ0v) is 10.3. The lowest BCUT2D eigenvalue weighted by Crippen LogP contribution is -2.32. The van der Waals surface area contributed by atoms with Crippen molar-refractivity contribution < 1.29 is 4.74 Å². The average Bonchev–Trinajstić information content (AvgIpc) is 2.92. The molecule has 1 heterocycles. The van der Waals surface area contributed by atoms with Gasteiger partial charge in [-0.1, -0.05) is 6.42 Å². The molecule has 0 amide bonds. The number of rotatable bonds is 4. The van der Waals surface area contributed by atoms with E-state index in [9.17, 15) is 0 Å². The minimum atomic E-state index is 0.785. The van der Waals surface area contributed by atoms with Crippen LogP contribution in [0.15, 0.2) is 0 Å². The molecule has 1 N–H and O–H groups in total. The fourth-order valence-electron chi connectivity index (χ4n) is 4.03. The molecule has 1 saturated heterocycles. The van der Waals surface area contributed by atoms with E-state index in [2.05, 4.69) is 5.32 Å². The van der Waals surface area contributed by atoms with Crippen LogP contribution in [0.5, 0.6) is 0 Å². The maximum Gasteiger partial charge on any atom is 0.0506 e. The summed E-state index contributed by atoms with van der Waals surface area (Å²) in [6.45, 7) is 4.44. The molecule has 2 nitrogen and oxygen atoms in total. The first kappa shape index (κ1) is 11.0. The molecule has 0 aromatic heterocycles. The first-order valence-electron chi connectivity index (χ1n) is 7.20. The number of hydrogen-bond acceptors (Lipinski definition) is 2. The van der Waals surface area contributed by atoms with Crippen LogP contribution >= 0.6 is 0 Å². The Kier molecular flexibility index (Phi) is 3.49. The summed E-state index contributed by atoms with van der Waals surface area (Å²) in [6, 6.07) is 0. The van der Waals surface area contributed by atoms with Crippen LogP contribution in [0.3, 0.4) is 0 Å². The van der Waals surface area contributed by atoms with Gasteiger partial charge in [-0.2, -0.15) is 0 Å². The van der Waals surface area contributed by atoms with Gasteiger partial charge in [-0.15, -0.1) is 0 Å². The van der Waals surface area contributed by atoms with E-state index in [0.717, 1.165) is 36.9 Å². The smallest absolute Gasteiger partial charge is 0.0506 e. The molecule has 3 aliphatic rings. The molecule has 4 unspecified atom stereocenters. The van der Waals surface area contributed by atoms with Gasteiger partial charge in [0.25, 0.3) is 0 Å².